The average molecular weight is 971 g/mol. The molecule has 11 aliphatic carbocycles. The van der Waals surface area contributed by atoms with Crippen LogP contribution in [0.2, 0.25) is 0 Å². The number of halogens is 4. The molecule has 0 aromatic rings. The minimum atomic E-state index is -4.38. The molecule has 11 saturated carbocycles. The van der Waals surface area contributed by atoms with E-state index in [4.69, 9.17) is 14.2 Å². The molecule has 4 nitrogen and oxygen atoms in total. The molecule has 69 heavy (non-hydrogen) atoms. The molecule has 0 aliphatic heterocycles. The SMILES string of the molecule is CCC1(C(CC2(C)CC2)C(C(C(C2(CC)CCC2)C(C(O)C2CCCCC2)(C2(OC)CCC2)C(CC2(OCCF)CC2)(CC2(C3CC3)CC2)C2(OC)CC2)C2(C(F)(F)F)CC2)C2(C(C)C)CC2)CC1. The summed E-state index contributed by atoms with van der Waals surface area (Å²) in [5.41, 5.74) is -5.98. The van der Waals surface area contributed by atoms with Crippen molar-refractivity contribution in [2.45, 2.75) is 269 Å². The van der Waals surface area contributed by atoms with Crippen LogP contribution >= 0.6 is 0 Å². The number of hydrogen-bond acceptors (Lipinski definition) is 4. The molecule has 394 valence electrons. The second kappa shape index (κ2) is 17.0. The maximum atomic E-state index is 17.8. The Morgan fingerprint density at radius 2 is 1.25 bits per heavy atom. The highest BCUT2D eigenvalue weighted by Crippen LogP contribution is 2.87. The summed E-state index contributed by atoms with van der Waals surface area (Å²) in [6, 6.07) is 0. The third kappa shape index (κ3) is 7.59. The fourth-order valence-electron chi connectivity index (χ4n) is 20.2. The lowest BCUT2D eigenvalue weighted by Crippen LogP contribution is -2.79. The molecular formula is C61H98F4O4. The minimum absolute atomic E-state index is 0.0282. The summed E-state index contributed by atoms with van der Waals surface area (Å²) < 4.78 is 89.8. The van der Waals surface area contributed by atoms with Crippen LogP contribution in [-0.4, -0.2) is 61.7 Å². The molecule has 1 N–H and O–H groups in total. The van der Waals surface area contributed by atoms with Crippen LogP contribution in [0, 0.1) is 84.7 Å². The smallest absolute Gasteiger partial charge is 0.392 e. The largest absolute Gasteiger partial charge is 0.394 e. The number of alkyl halides is 4. The highest BCUT2D eigenvalue weighted by Gasteiger charge is 2.87. The molecule has 0 heterocycles. The Hall–Kier alpha value is -0.440. The molecule has 0 bridgehead atoms. The molecule has 7 unspecified atom stereocenters. The van der Waals surface area contributed by atoms with Crippen LogP contribution in [0.4, 0.5) is 17.6 Å². The van der Waals surface area contributed by atoms with Gasteiger partial charge in [-0.15, -0.1) is 0 Å². The molecule has 0 saturated heterocycles. The molecular weight excluding hydrogens is 873 g/mol. The average Bonchev–Trinajstić information content (AvgIpc) is 4.08. The molecule has 11 aliphatic rings. The lowest BCUT2D eigenvalue weighted by Gasteiger charge is -2.76. The van der Waals surface area contributed by atoms with Crippen LogP contribution in [0.25, 0.3) is 0 Å². The van der Waals surface area contributed by atoms with E-state index in [9.17, 15) is 4.39 Å². The van der Waals surface area contributed by atoms with E-state index in [1.807, 2.05) is 14.2 Å². The van der Waals surface area contributed by atoms with E-state index in [2.05, 4.69) is 34.6 Å². The predicted molar refractivity (Wildman–Crippen MR) is 266 cm³/mol. The maximum absolute atomic E-state index is 17.8. The zero-order valence-corrected chi connectivity index (χ0v) is 44.8. The summed E-state index contributed by atoms with van der Waals surface area (Å²) in [5, 5.41) is 15.2. The van der Waals surface area contributed by atoms with E-state index in [0.29, 0.717) is 12.3 Å². The van der Waals surface area contributed by atoms with Crippen molar-refractivity contribution in [3.05, 3.63) is 0 Å². The van der Waals surface area contributed by atoms with E-state index in [1.54, 1.807) is 0 Å². The zero-order valence-electron chi connectivity index (χ0n) is 44.8. The molecule has 0 aromatic carbocycles. The van der Waals surface area contributed by atoms with Gasteiger partial charge in [-0.2, -0.15) is 13.2 Å². The predicted octanol–water partition coefficient (Wildman–Crippen LogP) is 16.3. The summed E-state index contributed by atoms with van der Waals surface area (Å²) in [5.74, 6) is -0.122. The van der Waals surface area contributed by atoms with Gasteiger partial charge in [0.05, 0.1) is 34.9 Å². The highest BCUT2D eigenvalue weighted by atomic mass is 19.4. The van der Waals surface area contributed by atoms with Crippen molar-refractivity contribution < 1.29 is 36.9 Å². The van der Waals surface area contributed by atoms with Crippen LogP contribution in [0.5, 0.6) is 0 Å². The Morgan fingerprint density at radius 1 is 0.638 bits per heavy atom. The van der Waals surface area contributed by atoms with Crippen LogP contribution in [0.3, 0.4) is 0 Å². The van der Waals surface area contributed by atoms with Gasteiger partial charge in [0.1, 0.15) is 6.67 Å². The molecule has 0 radical (unpaired) electrons. The normalized spacial score (nSPS) is 33.5. The summed E-state index contributed by atoms with van der Waals surface area (Å²) in [6.07, 6.45) is 24.8. The van der Waals surface area contributed by atoms with Gasteiger partial charge >= 0.3 is 6.18 Å². The van der Waals surface area contributed by atoms with Crippen molar-refractivity contribution in [2.75, 3.05) is 27.5 Å². The Labute approximate surface area is 416 Å². The number of methoxy groups -OCH3 is 2. The van der Waals surface area contributed by atoms with E-state index in [1.165, 1.54) is 25.7 Å². The van der Waals surface area contributed by atoms with Crippen LogP contribution in [0.15, 0.2) is 0 Å². The van der Waals surface area contributed by atoms with Crippen molar-refractivity contribution >= 4 is 0 Å². The van der Waals surface area contributed by atoms with Crippen LogP contribution < -0.4 is 0 Å². The quantitative estimate of drug-likeness (QED) is 0.0794. The molecule has 11 rings (SSSR count). The van der Waals surface area contributed by atoms with E-state index < -0.39 is 69.3 Å². The Kier molecular flexibility index (Phi) is 12.5. The standard InChI is InChI=1S/C61H98F4O4/c1-8-51(25-26-51)45(39-50(5)23-24-50)46(55(31-32-55)42(3)4)47(56(33-34-56)61(63,64)65)48(52(9-2)19-13-20-52)60(59(68-7)21-14-22-59,49(66)43-15-11-10-12-16-43)57(58(67-6)35-36-58,40-53(27-28-53)44-17-18-44)41-54(29-30-54)69-38-37-62/h42-49,66H,8-41H2,1-7H3. The second-order valence-corrected chi connectivity index (χ2v) is 28.7. The highest BCUT2D eigenvalue weighted by molar-refractivity contribution is 5.35. The molecule has 8 heteroatoms. The van der Waals surface area contributed by atoms with E-state index >= 15 is 18.3 Å². The van der Waals surface area contributed by atoms with Crippen LogP contribution in [-0.2, 0) is 14.2 Å². The molecule has 0 amide bonds. The third-order valence-electron chi connectivity index (χ3n) is 25.7. The van der Waals surface area contributed by atoms with Gasteiger partial charge in [0.25, 0.3) is 0 Å². The summed E-state index contributed by atoms with van der Waals surface area (Å²) in [6.45, 7) is 11.5. The van der Waals surface area contributed by atoms with Crippen molar-refractivity contribution in [1.29, 1.82) is 0 Å². The minimum Gasteiger partial charge on any atom is -0.392 e. The van der Waals surface area contributed by atoms with Gasteiger partial charge in [0, 0.05) is 25.0 Å². The second-order valence-electron chi connectivity index (χ2n) is 28.7. The third-order valence-corrected chi connectivity index (χ3v) is 25.7. The van der Waals surface area contributed by atoms with E-state index in [0.717, 1.165) is 161 Å². The first kappa shape index (κ1) is 50.7. The number of rotatable bonds is 28. The van der Waals surface area contributed by atoms with Gasteiger partial charge in [0.2, 0.25) is 0 Å². The van der Waals surface area contributed by atoms with Crippen molar-refractivity contribution in [1.82, 2.24) is 0 Å². The van der Waals surface area contributed by atoms with Gasteiger partial charge in [-0.3, -0.25) is 0 Å². The van der Waals surface area contributed by atoms with E-state index in [-0.39, 0.29) is 64.8 Å². The topological polar surface area (TPSA) is 47.9 Å². The Morgan fingerprint density at radius 3 is 1.62 bits per heavy atom. The van der Waals surface area contributed by atoms with Crippen LogP contribution in [0.1, 0.15) is 240 Å². The molecule has 0 aromatic heterocycles. The zero-order chi connectivity index (χ0) is 48.8. The first-order chi connectivity index (χ1) is 32.9. The molecule has 0 spiro atoms. The first-order valence-corrected chi connectivity index (χ1v) is 29.9. The number of ether oxygens (including phenoxy) is 3. The maximum Gasteiger partial charge on any atom is 0.394 e. The first-order valence-electron chi connectivity index (χ1n) is 29.9. The van der Waals surface area contributed by atoms with Crippen molar-refractivity contribution in [3.8, 4) is 0 Å². The lowest BCUT2D eigenvalue weighted by molar-refractivity contribution is -0.362. The Bertz CT molecular complexity index is 1830. The summed E-state index contributed by atoms with van der Waals surface area (Å²) >= 11 is 0. The van der Waals surface area contributed by atoms with Gasteiger partial charge < -0.3 is 19.3 Å². The van der Waals surface area contributed by atoms with Gasteiger partial charge in [0.15, 0.2) is 0 Å². The fourth-order valence-corrected chi connectivity index (χ4v) is 20.2. The fraction of sp³-hybridized carbons (Fsp3) is 1.00. The van der Waals surface area contributed by atoms with Crippen molar-refractivity contribution in [2.24, 2.45) is 84.7 Å². The number of aliphatic hydroxyl groups excluding tert-OH is 1. The number of hydrogen-bond donors (Lipinski definition) is 1. The lowest BCUT2D eigenvalue weighted by atomic mass is 9.30. The summed E-state index contributed by atoms with van der Waals surface area (Å²) in [4.78, 5) is 0. The van der Waals surface area contributed by atoms with Gasteiger partial charge in [-0.05, 0) is 235 Å². The summed E-state index contributed by atoms with van der Waals surface area (Å²) in [7, 11) is 3.87. The van der Waals surface area contributed by atoms with Gasteiger partial charge in [-0.25, -0.2) is 4.39 Å². The molecule has 11 fully saturated rings. The van der Waals surface area contributed by atoms with Gasteiger partial charge in [-0.1, -0.05) is 73.1 Å². The number of aliphatic hydroxyl groups is 1. The monoisotopic (exact) mass is 971 g/mol. The Balaban J connectivity index is 1.29. The van der Waals surface area contributed by atoms with Crippen molar-refractivity contribution in [3.63, 3.8) is 0 Å². The molecule has 7 atom stereocenters.